The zero-order chi connectivity index (χ0) is 12.0. The van der Waals surface area contributed by atoms with Gasteiger partial charge in [-0.1, -0.05) is 0 Å². The lowest BCUT2D eigenvalue weighted by Gasteiger charge is -2.30. The molecule has 16 heavy (non-hydrogen) atoms. The quantitative estimate of drug-likeness (QED) is 0.439. The van der Waals surface area contributed by atoms with Gasteiger partial charge in [0.2, 0.25) is 5.91 Å². The van der Waals surface area contributed by atoms with Crippen LogP contribution >= 0.6 is 0 Å². The number of amides is 3. The molecule has 0 bridgehead atoms. The molecule has 0 radical (unpaired) electrons. The first-order valence-electron chi connectivity index (χ1n) is 5.27. The van der Waals surface area contributed by atoms with Crippen LogP contribution in [0.5, 0.6) is 0 Å². The monoisotopic (exact) mass is 230 g/mol. The number of piperazine rings is 1. The minimum absolute atomic E-state index is 0.243. The first kappa shape index (κ1) is 12.7. The van der Waals surface area contributed by atoms with E-state index in [4.69, 9.17) is 5.11 Å². The number of nitrogens with one attached hydrogen (secondary N) is 3. The second kappa shape index (κ2) is 6.29. The molecule has 0 spiro atoms. The SMILES string of the molecule is CNC(=O)NC(CO)C(=O)N1CCNCC1. The molecule has 1 heterocycles. The number of urea groups is 1. The van der Waals surface area contributed by atoms with E-state index in [0.29, 0.717) is 13.1 Å². The Morgan fingerprint density at radius 2 is 2.06 bits per heavy atom. The number of nitrogens with zero attached hydrogens (tertiary/aromatic N) is 1. The molecule has 92 valence electrons. The van der Waals surface area contributed by atoms with Crippen LogP contribution in [0, 0.1) is 0 Å². The highest BCUT2D eigenvalue weighted by molar-refractivity contribution is 5.87. The Balaban J connectivity index is 2.50. The minimum Gasteiger partial charge on any atom is -0.394 e. The van der Waals surface area contributed by atoms with Gasteiger partial charge in [-0.2, -0.15) is 0 Å². The molecule has 1 rings (SSSR count). The molecule has 1 fully saturated rings. The van der Waals surface area contributed by atoms with Crippen molar-refractivity contribution in [2.24, 2.45) is 0 Å². The maximum absolute atomic E-state index is 11.9. The molecule has 1 saturated heterocycles. The number of carbonyl (C=O) groups excluding carboxylic acids is 2. The van der Waals surface area contributed by atoms with Gasteiger partial charge in [0.25, 0.3) is 0 Å². The van der Waals surface area contributed by atoms with Crippen molar-refractivity contribution < 1.29 is 14.7 Å². The summed E-state index contributed by atoms with van der Waals surface area (Å²) in [5.74, 6) is -0.243. The molecule has 0 saturated carbocycles. The number of aliphatic hydroxyl groups excluding tert-OH is 1. The van der Waals surface area contributed by atoms with E-state index in [1.54, 1.807) is 4.90 Å². The maximum Gasteiger partial charge on any atom is 0.315 e. The fourth-order valence-corrected chi connectivity index (χ4v) is 1.52. The molecular weight excluding hydrogens is 212 g/mol. The number of hydrogen-bond donors (Lipinski definition) is 4. The van der Waals surface area contributed by atoms with Gasteiger partial charge in [-0.15, -0.1) is 0 Å². The molecule has 3 amide bonds. The largest absolute Gasteiger partial charge is 0.394 e. The van der Waals surface area contributed by atoms with E-state index in [-0.39, 0.29) is 5.91 Å². The summed E-state index contributed by atoms with van der Waals surface area (Å²) >= 11 is 0. The molecule has 7 nitrogen and oxygen atoms in total. The molecule has 1 atom stereocenters. The van der Waals surface area contributed by atoms with E-state index >= 15 is 0 Å². The maximum atomic E-state index is 11.9. The van der Waals surface area contributed by atoms with E-state index in [2.05, 4.69) is 16.0 Å². The molecule has 0 aliphatic carbocycles. The highest BCUT2D eigenvalue weighted by atomic mass is 16.3. The van der Waals surface area contributed by atoms with Crippen LogP contribution in [-0.4, -0.2) is 67.8 Å². The van der Waals surface area contributed by atoms with Gasteiger partial charge in [0.1, 0.15) is 6.04 Å². The zero-order valence-corrected chi connectivity index (χ0v) is 9.32. The molecule has 4 N–H and O–H groups in total. The van der Waals surface area contributed by atoms with Crippen LogP contribution in [0.25, 0.3) is 0 Å². The van der Waals surface area contributed by atoms with E-state index in [1.807, 2.05) is 0 Å². The summed E-state index contributed by atoms with van der Waals surface area (Å²) in [7, 11) is 1.46. The number of carbonyl (C=O) groups is 2. The summed E-state index contributed by atoms with van der Waals surface area (Å²) in [6, 6.07) is -1.33. The summed E-state index contributed by atoms with van der Waals surface area (Å²) in [6.07, 6.45) is 0. The van der Waals surface area contributed by atoms with Gasteiger partial charge >= 0.3 is 6.03 Å². The molecule has 0 aromatic carbocycles. The van der Waals surface area contributed by atoms with E-state index in [9.17, 15) is 9.59 Å². The number of aliphatic hydroxyl groups is 1. The Bertz CT molecular complexity index is 253. The number of rotatable bonds is 3. The Labute approximate surface area is 94.2 Å². The third-order valence-electron chi connectivity index (χ3n) is 2.44. The summed E-state index contributed by atoms with van der Waals surface area (Å²) in [5, 5.41) is 16.9. The highest BCUT2D eigenvalue weighted by Crippen LogP contribution is 1.97. The van der Waals surface area contributed by atoms with Crippen molar-refractivity contribution in [2.45, 2.75) is 6.04 Å². The Hall–Kier alpha value is -1.34. The van der Waals surface area contributed by atoms with Crippen molar-refractivity contribution >= 4 is 11.9 Å². The van der Waals surface area contributed by atoms with Crippen molar-refractivity contribution in [3.05, 3.63) is 0 Å². The predicted octanol–water partition coefficient (Wildman–Crippen LogP) is -2.29. The molecular formula is C9H18N4O3. The lowest BCUT2D eigenvalue weighted by Crippen LogP contribution is -2.56. The topological polar surface area (TPSA) is 93.7 Å². The van der Waals surface area contributed by atoms with Gasteiger partial charge in [-0.25, -0.2) is 4.79 Å². The third-order valence-corrected chi connectivity index (χ3v) is 2.44. The van der Waals surface area contributed by atoms with Crippen molar-refractivity contribution in [2.75, 3.05) is 39.8 Å². The average molecular weight is 230 g/mol. The lowest BCUT2D eigenvalue weighted by atomic mass is 10.2. The fourth-order valence-electron chi connectivity index (χ4n) is 1.52. The molecule has 1 aliphatic rings. The lowest BCUT2D eigenvalue weighted by molar-refractivity contribution is -0.134. The molecule has 1 aliphatic heterocycles. The van der Waals surface area contributed by atoms with Crippen molar-refractivity contribution in [3.8, 4) is 0 Å². The third kappa shape index (κ3) is 3.35. The molecule has 0 aromatic rings. The summed E-state index contributed by atoms with van der Waals surface area (Å²) < 4.78 is 0. The molecule has 0 aromatic heterocycles. The van der Waals surface area contributed by atoms with Gasteiger partial charge in [-0.05, 0) is 0 Å². The second-order valence-electron chi connectivity index (χ2n) is 3.53. The van der Waals surface area contributed by atoms with Gasteiger partial charge in [0.05, 0.1) is 6.61 Å². The van der Waals surface area contributed by atoms with Gasteiger partial charge in [0, 0.05) is 33.2 Å². The average Bonchev–Trinajstić information content (AvgIpc) is 2.35. The summed E-state index contributed by atoms with van der Waals surface area (Å²) in [5.41, 5.74) is 0. The smallest absolute Gasteiger partial charge is 0.315 e. The molecule has 1 unspecified atom stereocenters. The van der Waals surface area contributed by atoms with E-state index in [0.717, 1.165) is 13.1 Å². The normalized spacial score (nSPS) is 17.8. The summed E-state index contributed by atoms with van der Waals surface area (Å²) in [6.45, 7) is 2.29. The number of hydrogen-bond acceptors (Lipinski definition) is 4. The predicted molar refractivity (Wildman–Crippen MR) is 57.9 cm³/mol. The van der Waals surface area contributed by atoms with Gasteiger partial charge in [0.15, 0.2) is 0 Å². The Kier molecular flexibility index (Phi) is 5.00. The van der Waals surface area contributed by atoms with Crippen LogP contribution in [-0.2, 0) is 4.79 Å². The molecule has 7 heteroatoms. The van der Waals surface area contributed by atoms with E-state index in [1.165, 1.54) is 7.05 Å². The fraction of sp³-hybridized carbons (Fsp3) is 0.778. The van der Waals surface area contributed by atoms with Crippen molar-refractivity contribution in [1.82, 2.24) is 20.9 Å². The van der Waals surface area contributed by atoms with Crippen LogP contribution < -0.4 is 16.0 Å². The van der Waals surface area contributed by atoms with Crippen LogP contribution in [0.4, 0.5) is 4.79 Å². The second-order valence-corrected chi connectivity index (χ2v) is 3.53. The highest BCUT2D eigenvalue weighted by Gasteiger charge is 2.25. The van der Waals surface area contributed by atoms with Gasteiger partial charge in [-0.3, -0.25) is 4.79 Å². The van der Waals surface area contributed by atoms with Crippen LogP contribution in [0.1, 0.15) is 0 Å². The van der Waals surface area contributed by atoms with Crippen LogP contribution in [0.3, 0.4) is 0 Å². The standard InChI is InChI=1S/C9H18N4O3/c1-10-9(16)12-7(6-14)8(15)13-4-2-11-3-5-13/h7,11,14H,2-6H2,1H3,(H2,10,12,16). The Morgan fingerprint density at radius 1 is 1.44 bits per heavy atom. The first-order valence-corrected chi connectivity index (χ1v) is 5.27. The first-order chi connectivity index (χ1) is 7.69. The zero-order valence-electron chi connectivity index (χ0n) is 9.32. The van der Waals surface area contributed by atoms with Crippen molar-refractivity contribution in [3.63, 3.8) is 0 Å². The van der Waals surface area contributed by atoms with Gasteiger partial charge < -0.3 is 26.0 Å². The summed E-state index contributed by atoms with van der Waals surface area (Å²) in [4.78, 5) is 24.6. The van der Waals surface area contributed by atoms with Crippen molar-refractivity contribution in [1.29, 1.82) is 0 Å². The van der Waals surface area contributed by atoms with E-state index < -0.39 is 18.7 Å². The van der Waals surface area contributed by atoms with Crippen LogP contribution in [0.15, 0.2) is 0 Å². The van der Waals surface area contributed by atoms with Crippen LogP contribution in [0.2, 0.25) is 0 Å². The minimum atomic E-state index is -0.863. The Morgan fingerprint density at radius 3 is 2.56 bits per heavy atom.